The van der Waals surface area contributed by atoms with Crippen molar-refractivity contribution in [3.8, 4) is 11.8 Å². The zero-order valence-corrected chi connectivity index (χ0v) is 16.0. The van der Waals surface area contributed by atoms with Crippen molar-refractivity contribution in [2.75, 3.05) is 13.1 Å². The molecule has 1 fully saturated rings. The molecule has 2 aromatic rings. The van der Waals surface area contributed by atoms with Gasteiger partial charge in [0.15, 0.2) is 6.61 Å². The van der Waals surface area contributed by atoms with Crippen LogP contribution in [0.2, 0.25) is 0 Å². The predicted molar refractivity (Wildman–Crippen MR) is 101 cm³/mol. The number of oxime groups is 1. The van der Waals surface area contributed by atoms with E-state index in [4.69, 9.17) is 10.1 Å². The molecule has 0 saturated carbocycles. The van der Waals surface area contributed by atoms with Crippen LogP contribution in [0.3, 0.4) is 0 Å². The number of para-hydroxylation sites is 1. The second-order valence-electron chi connectivity index (χ2n) is 6.09. The molecule has 10 heteroatoms. The number of aromatic nitrogens is 1. The van der Waals surface area contributed by atoms with E-state index in [0.29, 0.717) is 42.1 Å². The van der Waals surface area contributed by atoms with E-state index < -0.39 is 6.36 Å². The lowest BCUT2D eigenvalue weighted by molar-refractivity contribution is -0.275. The number of nitriles is 1. The fourth-order valence-electron chi connectivity index (χ4n) is 2.62. The monoisotopic (exact) mass is 422 g/mol. The van der Waals surface area contributed by atoms with Gasteiger partial charge in [-0.25, -0.2) is 4.31 Å². The molecule has 1 aliphatic rings. The lowest BCUT2D eigenvalue weighted by atomic mass is 10.1. The molecule has 2 heterocycles. The highest BCUT2D eigenvalue weighted by Gasteiger charge is 2.32. The van der Waals surface area contributed by atoms with Crippen LogP contribution in [0.25, 0.3) is 0 Å². The van der Waals surface area contributed by atoms with Gasteiger partial charge in [-0.3, -0.25) is 4.98 Å². The van der Waals surface area contributed by atoms with Crippen molar-refractivity contribution in [1.29, 1.82) is 5.26 Å². The van der Waals surface area contributed by atoms with Crippen molar-refractivity contribution in [2.45, 2.75) is 30.7 Å². The molecule has 0 unspecified atom stereocenters. The van der Waals surface area contributed by atoms with E-state index in [0.717, 1.165) is 5.71 Å². The molecule has 0 spiro atoms. The Bertz CT molecular complexity index is 905. The number of nitrogens with zero attached hydrogens (tertiary/aromatic N) is 4. The van der Waals surface area contributed by atoms with E-state index in [1.807, 2.05) is 10.4 Å². The van der Waals surface area contributed by atoms with Gasteiger partial charge in [0.1, 0.15) is 5.75 Å². The van der Waals surface area contributed by atoms with Crippen molar-refractivity contribution in [2.24, 2.45) is 5.16 Å². The predicted octanol–water partition coefficient (Wildman–Crippen LogP) is 4.53. The fraction of sp³-hybridized carbons (Fsp3) is 0.316. The van der Waals surface area contributed by atoms with Gasteiger partial charge in [0.2, 0.25) is 0 Å². The average Bonchev–Trinajstić information content (AvgIpc) is 2.70. The summed E-state index contributed by atoms with van der Waals surface area (Å²) in [7, 11) is 0. The van der Waals surface area contributed by atoms with Crippen LogP contribution in [0.5, 0.6) is 5.75 Å². The summed E-state index contributed by atoms with van der Waals surface area (Å²) in [5.41, 5.74) is 1.99. The molecule has 0 atom stereocenters. The van der Waals surface area contributed by atoms with E-state index in [1.54, 1.807) is 30.5 Å². The lowest BCUT2D eigenvalue weighted by Crippen LogP contribution is -2.29. The maximum atomic E-state index is 12.5. The summed E-state index contributed by atoms with van der Waals surface area (Å²) in [6.07, 6.45) is -1.90. The summed E-state index contributed by atoms with van der Waals surface area (Å²) in [6, 6.07) is 11.4. The maximum Gasteiger partial charge on any atom is 0.573 e. The Morgan fingerprint density at radius 1 is 1.21 bits per heavy atom. The quantitative estimate of drug-likeness (QED) is 0.503. The first-order valence-electron chi connectivity index (χ1n) is 8.73. The van der Waals surface area contributed by atoms with Crippen LogP contribution in [-0.2, 0) is 11.4 Å². The molecular weight excluding hydrogens is 405 g/mol. The first-order valence-corrected chi connectivity index (χ1v) is 9.51. The van der Waals surface area contributed by atoms with Gasteiger partial charge < -0.3 is 9.57 Å². The SMILES string of the molecule is N#Cc1ccnc(CON=C2CCN(Sc3ccccc3OC(F)(F)F)CC2)c1. The van der Waals surface area contributed by atoms with Gasteiger partial charge in [-0.05, 0) is 36.2 Å². The Kier molecular flexibility index (Phi) is 6.95. The highest BCUT2D eigenvalue weighted by atomic mass is 32.2. The molecule has 0 aliphatic carbocycles. The normalized spacial score (nSPS) is 14.9. The minimum Gasteiger partial charge on any atom is -0.405 e. The number of hydrogen-bond acceptors (Lipinski definition) is 7. The van der Waals surface area contributed by atoms with Crippen LogP contribution in [0.4, 0.5) is 13.2 Å². The van der Waals surface area contributed by atoms with E-state index in [2.05, 4.69) is 14.9 Å². The highest BCUT2D eigenvalue weighted by molar-refractivity contribution is 7.97. The van der Waals surface area contributed by atoms with Gasteiger partial charge in [0.05, 0.1) is 27.9 Å². The minimum atomic E-state index is -4.72. The first-order chi connectivity index (χ1) is 13.9. The number of ether oxygens (including phenoxy) is 1. The van der Waals surface area contributed by atoms with Crippen molar-refractivity contribution < 1.29 is 22.7 Å². The summed E-state index contributed by atoms with van der Waals surface area (Å²) >= 11 is 1.23. The minimum absolute atomic E-state index is 0.166. The van der Waals surface area contributed by atoms with Gasteiger partial charge >= 0.3 is 6.36 Å². The highest BCUT2D eigenvalue weighted by Crippen LogP contribution is 2.35. The largest absolute Gasteiger partial charge is 0.573 e. The summed E-state index contributed by atoms with van der Waals surface area (Å²) in [6.45, 7) is 1.41. The molecule has 6 nitrogen and oxygen atoms in total. The van der Waals surface area contributed by atoms with Gasteiger partial charge in [-0.1, -0.05) is 17.3 Å². The van der Waals surface area contributed by atoms with Crippen LogP contribution < -0.4 is 4.74 Å². The fourth-order valence-corrected chi connectivity index (χ4v) is 3.60. The number of halogens is 3. The molecule has 152 valence electrons. The molecule has 3 rings (SSSR count). The summed E-state index contributed by atoms with van der Waals surface area (Å²) < 4.78 is 43.7. The number of alkyl halides is 3. The lowest BCUT2D eigenvalue weighted by Gasteiger charge is -2.26. The zero-order valence-electron chi connectivity index (χ0n) is 15.2. The number of benzene rings is 1. The standard InChI is InChI=1S/C19H17F3N4O2S/c20-19(21,22)28-17-3-1-2-4-18(17)29-26-9-6-15(7-10-26)25-27-13-16-11-14(12-23)5-8-24-16/h1-5,8,11H,6-7,9-10,13H2. The van der Waals surface area contributed by atoms with E-state index in [-0.39, 0.29) is 12.4 Å². The second-order valence-corrected chi connectivity index (χ2v) is 7.23. The van der Waals surface area contributed by atoms with Crippen molar-refractivity contribution in [3.05, 3.63) is 53.9 Å². The molecule has 0 N–H and O–H groups in total. The Labute approximate surface area is 170 Å². The summed E-state index contributed by atoms with van der Waals surface area (Å²) in [5, 5.41) is 13.0. The third-order valence-electron chi connectivity index (χ3n) is 3.95. The Hall–Kier alpha value is -2.77. The van der Waals surface area contributed by atoms with Crippen molar-refractivity contribution in [1.82, 2.24) is 9.29 Å². The summed E-state index contributed by atoms with van der Waals surface area (Å²) in [5.74, 6) is -0.208. The van der Waals surface area contributed by atoms with Crippen LogP contribution in [0.15, 0.2) is 52.6 Å². The Balaban J connectivity index is 1.49. The van der Waals surface area contributed by atoms with Crippen molar-refractivity contribution >= 4 is 17.7 Å². The number of hydrogen-bond donors (Lipinski definition) is 0. The molecule has 0 radical (unpaired) electrons. The second kappa shape index (κ2) is 9.62. The third kappa shape index (κ3) is 6.66. The van der Waals surface area contributed by atoms with Gasteiger partial charge in [-0.2, -0.15) is 5.26 Å². The Morgan fingerprint density at radius 3 is 2.69 bits per heavy atom. The summed E-state index contributed by atoms with van der Waals surface area (Å²) in [4.78, 5) is 9.85. The number of piperidine rings is 1. The Morgan fingerprint density at radius 2 is 1.97 bits per heavy atom. The first kappa shape index (κ1) is 21.0. The number of pyridine rings is 1. The van der Waals surface area contributed by atoms with Crippen LogP contribution in [-0.4, -0.2) is 34.5 Å². The van der Waals surface area contributed by atoms with E-state index in [1.165, 1.54) is 24.1 Å². The molecule has 0 bridgehead atoms. The third-order valence-corrected chi connectivity index (χ3v) is 5.11. The molecule has 1 aliphatic heterocycles. The van der Waals surface area contributed by atoms with Gasteiger partial charge in [-0.15, -0.1) is 13.2 Å². The number of rotatable bonds is 6. The molecular formula is C19H17F3N4O2S. The van der Waals surface area contributed by atoms with Crippen LogP contribution in [0.1, 0.15) is 24.1 Å². The molecule has 1 aromatic heterocycles. The smallest absolute Gasteiger partial charge is 0.405 e. The molecule has 0 amide bonds. The molecule has 29 heavy (non-hydrogen) atoms. The topological polar surface area (TPSA) is 70.7 Å². The van der Waals surface area contributed by atoms with Crippen LogP contribution in [0, 0.1) is 11.3 Å². The average molecular weight is 422 g/mol. The zero-order chi connectivity index (χ0) is 20.7. The molecule has 1 saturated heterocycles. The van der Waals surface area contributed by atoms with Crippen LogP contribution >= 0.6 is 11.9 Å². The van der Waals surface area contributed by atoms with Crippen molar-refractivity contribution in [3.63, 3.8) is 0 Å². The van der Waals surface area contributed by atoms with E-state index in [9.17, 15) is 13.2 Å². The van der Waals surface area contributed by atoms with Gasteiger partial charge in [0.25, 0.3) is 0 Å². The van der Waals surface area contributed by atoms with Gasteiger partial charge in [0, 0.05) is 32.1 Å². The maximum absolute atomic E-state index is 12.5. The molecule has 1 aromatic carbocycles. The van der Waals surface area contributed by atoms with E-state index >= 15 is 0 Å².